The molecule has 1 aromatic carbocycles. The molecule has 0 bridgehead atoms. The van der Waals surface area contributed by atoms with Crippen molar-refractivity contribution in [3.8, 4) is 0 Å². The van der Waals surface area contributed by atoms with Gasteiger partial charge in [-0.05, 0) is 24.0 Å². The Labute approximate surface area is 123 Å². The molecule has 1 aliphatic rings. The molecule has 0 saturated carbocycles. The summed E-state index contributed by atoms with van der Waals surface area (Å²) in [6.45, 7) is 2.40. The van der Waals surface area contributed by atoms with Crippen LogP contribution in [0.4, 0.5) is 0 Å². The predicted octanol–water partition coefficient (Wildman–Crippen LogP) is 0.580. The Morgan fingerprint density at radius 2 is 2.10 bits per heavy atom. The predicted molar refractivity (Wildman–Crippen MR) is 78.2 cm³/mol. The van der Waals surface area contributed by atoms with Crippen LogP contribution in [0.15, 0.2) is 36.9 Å². The van der Waals surface area contributed by atoms with Gasteiger partial charge in [0.05, 0.1) is 6.04 Å². The number of nitrogens with two attached hydrogens (primary N) is 1. The minimum absolute atomic E-state index is 0.212. The third-order valence-corrected chi connectivity index (χ3v) is 3.97. The Hall–Kier alpha value is -2.21. The summed E-state index contributed by atoms with van der Waals surface area (Å²) in [5.74, 6) is -0.245. The highest BCUT2D eigenvalue weighted by atomic mass is 16.1. The summed E-state index contributed by atoms with van der Waals surface area (Å²) < 4.78 is 1.80. The smallest absolute Gasteiger partial charge is 0.235 e. The Morgan fingerprint density at radius 1 is 1.29 bits per heavy atom. The minimum Gasteiger partial charge on any atom is -0.368 e. The van der Waals surface area contributed by atoms with Crippen LogP contribution in [0, 0.1) is 0 Å². The van der Waals surface area contributed by atoms with Crippen molar-refractivity contribution in [3.05, 3.63) is 48.0 Å². The molecule has 6 nitrogen and oxygen atoms in total. The molecule has 1 atom stereocenters. The van der Waals surface area contributed by atoms with Crippen LogP contribution < -0.4 is 5.73 Å². The number of fused-ring (bicyclic) bond motifs is 1. The second kappa shape index (κ2) is 6.05. The van der Waals surface area contributed by atoms with Crippen molar-refractivity contribution in [2.45, 2.75) is 32.0 Å². The Balaban J connectivity index is 1.66. The maximum atomic E-state index is 11.7. The van der Waals surface area contributed by atoms with E-state index in [0.29, 0.717) is 6.42 Å². The number of rotatable bonds is 5. The first-order chi connectivity index (χ1) is 10.2. The van der Waals surface area contributed by atoms with Gasteiger partial charge in [-0.25, -0.2) is 4.98 Å². The van der Waals surface area contributed by atoms with Gasteiger partial charge in [0, 0.05) is 19.6 Å². The minimum atomic E-state index is -0.245. The van der Waals surface area contributed by atoms with Crippen LogP contribution >= 0.6 is 0 Å². The van der Waals surface area contributed by atoms with Gasteiger partial charge in [0.2, 0.25) is 5.91 Å². The van der Waals surface area contributed by atoms with Gasteiger partial charge in [-0.1, -0.05) is 24.3 Å². The lowest BCUT2D eigenvalue weighted by atomic mass is 9.93. The Bertz CT molecular complexity index is 610. The van der Waals surface area contributed by atoms with E-state index in [9.17, 15) is 4.79 Å². The first-order valence-electron chi connectivity index (χ1n) is 7.16. The second-order valence-electron chi connectivity index (χ2n) is 5.37. The molecule has 1 amide bonds. The normalized spacial score (nSPS) is 18.4. The fraction of sp³-hybridized carbons (Fsp3) is 0.400. The van der Waals surface area contributed by atoms with E-state index in [0.717, 1.165) is 26.1 Å². The van der Waals surface area contributed by atoms with Crippen molar-refractivity contribution >= 4 is 5.91 Å². The van der Waals surface area contributed by atoms with Crippen LogP contribution in [0.2, 0.25) is 0 Å². The van der Waals surface area contributed by atoms with Gasteiger partial charge in [-0.2, -0.15) is 5.10 Å². The van der Waals surface area contributed by atoms with Crippen molar-refractivity contribution < 1.29 is 4.79 Å². The maximum absolute atomic E-state index is 11.7. The van der Waals surface area contributed by atoms with E-state index in [-0.39, 0.29) is 11.9 Å². The van der Waals surface area contributed by atoms with Crippen LogP contribution in [0.1, 0.15) is 17.5 Å². The third-order valence-electron chi connectivity index (χ3n) is 3.97. The highest BCUT2D eigenvalue weighted by Gasteiger charge is 2.29. The number of primary amides is 1. The van der Waals surface area contributed by atoms with E-state index >= 15 is 0 Å². The third kappa shape index (κ3) is 3.11. The number of carbonyl (C=O) groups is 1. The second-order valence-corrected chi connectivity index (χ2v) is 5.37. The zero-order valence-corrected chi connectivity index (χ0v) is 11.9. The molecule has 0 fully saturated rings. The first-order valence-corrected chi connectivity index (χ1v) is 7.16. The average molecular weight is 285 g/mol. The zero-order valence-electron chi connectivity index (χ0n) is 11.9. The van der Waals surface area contributed by atoms with Crippen LogP contribution in [0.3, 0.4) is 0 Å². The lowest BCUT2D eigenvalue weighted by molar-refractivity contribution is -0.123. The van der Waals surface area contributed by atoms with Crippen molar-refractivity contribution in [1.29, 1.82) is 0 Å². The number of carbonyl (C=O) groups excluding carboxylic acids is 1. The summed E-state index contributed by atoms with van der Waals surface area (Å²) in [5, 5.41) is 4.08. The summed E-state index contributed by atoms with van der Waals surface area (Å²) in [6.07, 6.45) is 4.85. The molecular weight excluding hydrogens is 266 g/mol. The van der Waals surface area contributed by atoms with E-state index in [4.69, 9.17) is 5.73 Å². The maximum Gasteiger partial charge on any atom is 0.235 e. The van der Waals surface area contributed by atoms with Gasteiger partial charge in [0.25, 0.3) is 0 Å². The van der Waals surface area contributed by atoms with Gasteiger partial charge < -0.3 is 5.73 Å². The molecule has 2 heterocycles. The lowest BCUT2D eigenvalue weighted by Gasteiger charge is -2.35. The van der Waals surface area contributed by atoms with Gasteiger partial charge in [-0.15, -0.1) is 0 Å². The van der Waals surface area contributed by atoms with E-state index < -0.39 is 0 Å². The molecule has 21 heavy (non-hydrogen) atoms. The number of benzene rings is 1. The summed E-state index contributed by atoms with van der Waals surface area (Å²) in [4.78, 5) is 17.8. The number of aryl methyl sites for hydroxylation is 1. The van der Waals surface area contributed by atoms with E-state index in [1.54, 1.807) is 11.0 Å². The molecule has 6 heteroatoms. The van der Waals surface area contributed by atoms with Crippen molar-refractivity contribution in [3.63, 3.8) is 0 Å². The highest BCUT2D eigenvalue weighted by Crippen LogP contribution is 2.23. The topological polar surface area (TPSA) is 77.0 Å². The van der Waals surface area contributed by atoms with Gasteiger partial charge in [0.1, 0.15) is 12.7 Å². The molecule has 1 aliphatic heterocycles. The molecule has 3 rings (SSSR count). The van der Waals surface area contributed by atoms with Crippen LogP contribution in [0.5, 0.6) is 0 Å². The molecule has 0 saturated heterocycles. The largest absolute Gasteiger partial charge is 0.368 e. The number of amides is 1. The molecule has 0 spiro atoms. The quantitative estimate of drug-likeness (QED) is 0.872. The van der Waals surface area contributed by atoms with Gasteiger partial charge in [-0.3, -0.25) is 14.4 Å². The highest BCUT2D eigenvalue weighted by molar-refractivity contribution is 5.80. The number of nitrogens with zero attached hydrogens (tertiary/aromatic N) is 4. The molecule has 0 unspecified atom stereocenters. The number of hydrogen-bond acceptors (Lipinski definition) is 4. The van der Waals surface area contributed by atoms with Gasteiger partial charge >= 0.3 is 0 Å². The first kappa shape index (κ1) is 13.8. The SMILES string of the molecule is NC(=O)[C@@H]1Cc2ccccc2CN1CCCn1cncn1. The van der Waals surface area contributed by atoms with Crippen molar-refractivity contribution in [2.24, 2.45) is 5.73 Å². The molecule has 1 aromatic heterocycles. The average Bonchev–Trinajstić information content (AvgIpc) is 2.99. The van der Waals surface area contributed by atoms with E-state index in [1.165, 1.54) is 17.5 Å². The lowest BCUT2D eigenvalue weighted by Crippen LogP contribution is -2.48. The molecule has 0 radical (unpaired) electrons. The molecule has 0 aliphatic carbocycles. The van der Waals surface area contributed by atoms with Crippen molar-refractivity contribution in [2.75, 3.05) is 6.54 Å². The van der Waals surface area contributed by atoms with E-state index in [2.05, 4.69) is 27.1 Å². The summed E-state index contributed by atoms with van der Waals surface area (Å²) in [5.41, 5.74) is 8.09. The van der Waals surface area contributed by atoms with Crippen LogP contribution in [-0.2, 0) is 24.3 Å². The zero-order chi connectivity index (χ0) is 14.7. The standard InChI is InChI=1S/C15H19N5O/c16-15(21)14-8-12-4-1-2-5-13(12)9-19(14)6-3-7-20-11-17-10-18-20/h1-2,4-5,10-11,14H,3,6-9H2,(H2,16,21)/t14-/m0/s1. The summed E-state index contributed by atoms with van der Waals surface area (Å²) in [7, 11) is 0. The fourth-order valence-electron chi connectivity index (χ4n) is 2.88. The molecule has 110 valence electrons. The molecule has 2 N–H and O–H groups in total. The number of hydrogen-bond donors (Lipinski definition) is 1. The van der Waals surface area contributed by atoms with Crippen LogP contribution in [0.25, 0.3) is 0 Å². The number of aromatic nitrogens is 3. The Morgan fingerprint density at radius 3 is 2.81 bits per heavy atom. The molecular formula is C15H19N5O. The molecule has 2 aromatic rings. The summed E-state index contributed by atoms with van der Waals surface area (Å²) >= 11 is 0. The van der Waals surface area contributed by atoms with Crippen molar-refractivity contribution in [1.82, 2.24) is 19.7 Å². The fourth-order valence-corrected chi connectivity index (χ4v) is 2.88. The summed E-state index contributed by atoms with van der Waals surface area (Å²) in [6, 6.07) is 8.04. The van der Waals surface area contributed by atoms with E-state index in [1.807, 2.05) is 12.1 Å². The Kier molecular flexibility index (Phi) is 3.96. The monoisotopic (exact) mass is 285 g/mol. The van der Waals surface area contributed by atoms with Gasteiger partial charge in [0.15, 0.2) is 0 Å². The van der Waals surface area contributed by atoms with Crippen LogP contribution in [-0.4, -0.2) is 38.2 Å².